The fourth-order valence-corrected chi connectivity index (χ4v) is 8.36. The molecule has 376 valence electrons. The molecule has 0 aromatic rings. The molecule has 0 radical (unpaired) electrons. The largest absolute Gasteiger partial charge is 0.462 e. The summed E-state index contributed by atoms with van der Waals surface area (Å²) in [6.45, 7) is 7.84. The molecule has 0 aliphatic heterocycles. The Morgan fingerprint density at radius 1 is 0.344 bits per heavy atom. The Labute approximate surface area is 400 Å². The number of rotatable bonds is 53. The summed E-state index contributed by atoms with van der Waals surface area (Å²) in [6, 6.07) is 0. The first-order chi connectivity index (χ1) is 31.6. The number of hydrogen-bond acceptors (Lipinski definition) is 5. The summed E-state index contributed by atoms with van der Waals surface area (Å²) >= 11 is 0. The molecule has 0 saturated heterocycles. The molecule has 0 N–H and O–H groups in total. The molecule has 0 saturated carbocycles. The minimum Gasteiger partial charge on any atom is -0.462 e. The van der Waals surface area contributed by atoms with E-state index < -0.39 is 6.10 Å². The monoisotopic (exact) mass is 899 g/mol. The van der Waals surface area contributed by atoms with Crippen LogP contribution in [0.25, 0.3) is 0 Å². The van der Waals surface area contributed by atoms with Crippen molar-refractivity contribution in [3.63, 3.8) is 0 Å². The van der Waals surface area contributed by atoms with Crippen molar-refractivity contribution in [3.8, 4) is 0 Å². The molecule has 0 rings (SSSR count). The number of allylic oxidation sites excluding steroid dienone is 6. The fraction of sp³-hybridized carbons (Fsp3) is 0.864. The topological polar surface area (TPSA) is 61.8 Å². The highest BCUT2D eigenvalue weighted by atomic mass is 16.6. The van der Waals surface area contributed by atoms with Crippen LogP contribution in [0.4, 0.5) is 0 Å². The third kappa shape index (κ3) is 52.7. The molecule has 5 heteroatoms. The second-order valence-corrected chi connectivity index (χ2v) is 19.2. The van der Waals surface area contributed by atoms with Crippen LogP contribution in [-0.2, 0) is 23.8 Å². The van der Waals surface area contributed by atoms with Crippen LogP contribution in [0.3, 0.4) is 0 Å². The Bertz CT molecular complexity index is 1020. The molecular formula is C59H110O5. The summed E-state index contributed by atoms with van der Waals surface area (Å²) in [5, 5.41) is 0. The van der Waals surface area contributed by atoms with E-state index in [4.69, 9.17) is 14.2 Å². The molecule has 64 heavy (non-hydrogen) atoms. The average molecular weight is 900 g/mol. The maximum absolute atomic E-state index is 12.8. The standard InChI is InChI=1S/C59H110O5/c1-4-7-10-13-16-19-22-25-27-29-31-33-36-39-42-45-48-51-54-62-55-57(64-59(61)53-50-47-44-41-38-34-24-21-18-15-12-9-6-3)56-63-58(60)52-49-46-43-40-37-35-32-30-28-26-23-20-17-14-11-8-5-2/h16,19,25-28,57H,4-15,17-18,20-24,29-56H2,1-3H3/b19-16-,27-25-,28-26-. The average Bonchev–Trinajstić information content (AvgIpc) is 3.30. The van der Waals surface area contributed by atoms with E-state index in [1.165, 1.54) is 225 Å². The van der Waals surface area contributed by atoms with Gasteiger partial charge in [-0.1, -0.05) is 250 Å². The lowest BCUT2D eigenvalue weighted by molar-refractivity contribution is -0.163. The number of esters is 2. The Balaban J connectivity index is 4.23. The lowest BCUT2D eigenvalue weighted by Crippen LogP contribution is -2.30. The van der Waals surface area contributed by atoms with E-state index in [0.29, 0.717) is 19.4 Å². The van der Waals surface area contributed by atoms with E-state index in [1.54, 1.807) is 0 Å². The molecule has 5 nitrogen and oxygen atoms in total. The quantitative estimate of drug-likeness (QED) is 0.0346. The summed E-state index contributed by atoms with van der Waals surface area (Å²) in [5.41, 5.74) is 0. The first-order valence-electron chi connectivity index (χ1n) is 28.5. The van der Waals surface area contributed by atoms with Crippen molar-refractivity contribution in [2.24, 2.45) is 0 Å². The smallest absolute Gasteiger partial charge is 0.306 e. The molecule has 1 atom stereocenters. The lowest BCUT2D eigenvalue weighted by Gasteiger charge is -2.18. The van der Waals surface area contributed by atoms with Crippen LogP contribution in [0.1, 0.15) is 303 Å². The van der Waals surface area contributed by atoms with Gasteiger partial charge in [-0.25, -0.2) is 0 Å². The van der Waals surface area contributed by atoms with Crippen molar-refractivity contribution in [2.75, 3.05) is 19.8 Å². The molecule has 0 fully saturated rings. The predicted octanol–water partition coefficient (Wildman–Crippen LogP) is 19.4. The normalized spacial score (nSPS) is 12.4. The van der Waals surface area contributed by atoms with Gasteiger partial charge in [0.2, 0.25) is 0 Å². The molecular weight excluding hydrogens is 789 g/mol. The van der Waals surface area contributed by atoms with Gasteiger partial charge in [-0.3, -0.25) is 9.59 Å². The zero-order chi connectivity index (χ0) is 46.3. The molecule has 0 aromatic heterocycles. The van der Waals surface area contributed by atoms with Crippen LogP contribution in [-0.4, -0.2) is 37.9 Å². The number of carbonyl (C=O) groups is 2. The summed E-state index contributed by atoms with van der Waals surface area (Å²) in [5.74, 6) is -0.388. The van der Waals surface area contributed by atoms with Crippen LogP contribution < -0.4 is 0 Å². The van der Waals surface area contributed by atoms with Gasteiger partial charge in [0.1, 0.15) is 6.61 Å². The second kappa shape index (κ2) is 55.4. The number of carbonyl (C=O) groups excluding carboxylic acids is 2. The third-order valence-electron chi connectivity index (χ3n) is 12.6. The Hall–Kier alpha value is -1.88. The minimum atomic E-state index is -0.536. The molecule has 0 aliphatic rings. The molecule has 0 heterocycles. The number of unbranched alkanes of at least 4 members (excludes halogenated alkanes) is 36. The van der Waals surface area contributed by atoms with E-state index in [2.05, 4.69) is 57.2 Å². The van der Waals surface area contributed by atoms with Gasteiger partial charge in [0, 0.05) is 19.4 Å². The summed E-state index contributed by atoms with van der Waals surface area (Å²) < 4.78 is 17.5. The Morgan fingerprint density at radius 2 is 0.656 bits per heavy atom. The zero-order valence-electron chi connectivity index (χ0n) is 43.3. The SMILES string of the molecule is CCCCC/C=C\C/C=C\CCCCCCCCCCOCC(COC(=O)CCCCCCCCC/C=C\CCCCCCCC)OC(=O)CCCCCCCCCCCCCCC. The van der Waals surface area contributed by atoms with E-state index in [-0.39, 0.29) is 25.2 Å². The number of ether oxygens (including phenoxy) is 3. The van der Waals surface area contributed by atoms with Crippen molar-refractivity contribution in [1.82, 2.24) is 0 Å². The van der Waals surface area contributed by atoms with Crippen LogP contribution in [0.15, 0.2) is 36.5 Å². The van der Waals surface area contributed by atoms with Gasteiger partial charge in [0.05, 0.1) is 6.61 Å². The van der Waals surface area contributed by atoms with Crippen molar-refractivity contribution in [1.29, 1.82) is 0 Å². The van der Waals surface area contributed by atoms with Crippen molar-refractivity contribution >= 4 is 11.9 Å². The van der Waals surface area contributed by atoms with E-state index in [9.17, 15) is 9.59 Å². The minimum absolute atomic E-state index is 0.0859. The van der Waals surface area contributed by atoms with Gasteiger partial charge in [-0.05, 0) is 77.0 Å². The maximum atomic E-state index is 12.8. The van der Waals surface area contributed by atoms with E-state index in [0.717, 1.165) is 44.9 Å². The highest BCUT2D eigenvalue weighted by Gasteiger charge is 2.17. The predicted molar refractivity (Wildman–Crippen MR) is 279 cm³/mol. The molecule has 0 aromatic carbocycles. The van der Waals surface area contributed by atoms with Crippen molar-refractivity contribution < 1.29 is 23.8 Å². The number of hydrogen-bond donors (Lipinski definition) is 0. The van der Waals surface area contributed by atoms with Gasteiger partial charge >= 0.3 is 11.9 Å². The third-order valence-corrected chi connectivity index (χ3v) is 12.6. The Morgan fingerprint density at radius 3 is 1.08 bits per heavy atom. The molecule has 0 spiro atoms. The lowest BCUT2D eigenvalue weighted by atomic mass is 10.0. The van der Waals surface area contributed by atoms with Gasteiger partial charge in [0.15, 0.2) is 6.10 Å². The van der Waals surface area contributed by atoms with Crippen LogP contribution in [0.2, 0.25) is 0 Å². The van der Waals surface area contributed by atoms with Crippen LogP contribution in [0.5, 0.6) is 0 Å². The summed E-state index contributed by atoms with van der Waals surface area (Å²) in [7, 11) is 0. The first-order valence-corrected chi connectivity index (χ1v) is 28.5. The molecule has 0 amide bonds. The van der Waals surface area contributed by atoms with Crippen molar-refractivity contribution in [2.45, 2.75) is 309 Å². The van der Waals surface area contributed by atoms with Gasteiger partial charge < -0.3 is 14.2 Å². The molecule has 0 bridgehead atoms. The van der Waals surface area contributed by atoms with E-state index >= 15 is 0 Å². The summed E-state index contributed by atoms with van der Waals surface area (Å²) in [4.78, 5) is 25.5. The van der Waals surface area contributed by atoms with Gasteiger partial charge in [-0.2, -0.15) is 0 Å². The van der Waals surface area contributed by atoms with E-state index in [1.807, 2.05) is 0 Å². The highest BCUT2D eigenvalue weighted by Crippen LogP contribution is 2.16. The highest BCUT2D eigenvalue weighted by molar-refractivity contribution is 5.70. The van der Waals surface area contributed by atoms with Gasteiger partial charge in [0.25, 0.3) is 0 Å². The van der Waals surface area contributed by atoms with Crippen molar-refractivity contribution in [3.05, 3.63) is 36.5 Å². The molecule has 0 aliphatic carbocycles. The summed E-state index contributed by atoms with van der Waals surface area (Å²) in [6.07, 6.45) is 67.3. The second-order valence-electron chi connectivity index (χ2n) is 19.2. The fourth-order valence-electron chi connectivity index (χ4n) is 8.36. The first kappa shape index (κ1) is 62.1. The zero-order valence-corrected chi connectivity index (χ0v) is 43.3. The van der Waals surface area contributed by atoms with Crippen LogP contribution in [0, 0.1) is 0 Å². The molecule has 1 unspecified atom stereocenters. The van der Waals surface area contributed by atoms with Crippen LogP contribution >= 0.6 is 0 Å². The Kier molecular flexibility index (Phi) is 53.8. The van der Waals surface area contributed by atoms with Gasteiger partial charge in [-0.15, -0.1) is 0 Å². The maximum Gasteiger partial charge on any atom is 0.306 e.